The first-order valence-electron chi connectivity index (χ1n) is 5.65. The topological polar surface area (TPSA) is 17.1 Å². The van der Waals surface area contributed by atoms with Crippen LogP contribution in [-0.4, -0.2) is 26.2 Å². The van der Waals surface area contributed by atoms with Crippen LogP contribution in [0.15, 0.2) is 54.6 Å². The summed E-state index contributed by atoms with van der Waals surface area (Å²) < 4.78 is 27.7. The minimum absolute atomic E-state index is 0.570. The summed E-state index contributed by atoms with van der Waals surface area (Å²) in [5.74, 6) is -1.23. The van der Waals surface area contributed by atoms with E-state index >= 15 is 0 Å². The van der Waals surface area contributed by atoms with Gasteiger partial charge in [0.25, 0.3) is 0 Å². The minimum atomic E-state index is -1.11. The van der Waals surface area contributed by atoms with Gasteiger partial charge >= 0.3 is 130 Å². The molecule has 0 aliphatic rings. The third kappa shape index (κ3) is 4.42. The van der Waals surface area contributed by atoms with Gasteiger partial charge in [0.15, 0.2) is 0 Å². The van der Waals surface area contributed by atoms with E-state index in [4.69, 9.17) is 11.6 Å². The Morgan fingerprint density at radius 3 is 2.20 bits per heavy atom. The average molecular weight is 406 g/mol. The quantitative estimate of drug-likeness (QED) is 0.433. The first-order valence-corrected chi connectivity index (χ1v) is 8.36. The van der Waals surface area contributed by atoms with Crippen LogP contribution < -0.4 is 3.61 Å². The Bertz CT molecular complexity index is 636. The van der Waals surface area contributed by atoms with Crippen molar-refractivity contribution >= 4 is 45.0 Å². The van der Waals surface area contributed by atoms with Crippen molar-refractivity contribution in [3.05, 3.63) is 71.8 Å². The second kappa shape index (κ2) is 6.99. The van der Waals surface area contributed by atoms with E-state index in [0.29, 0.717) is 3.61 Å². The van der Waals surface area contributed by atoms with Crippen molar-refractivity contribution < 1.29 is 13.6 Å². The summed E-state index contributed by atoms with van der Waals surface area (Å²) in [6, 6.07) is 12.6. The van der Waals surface area contributed by atoms with E-state index in [1.54, 1.807) is 0 Å². The van der Waals surface area contributed by atoms with Gasteiger partial charge in [-0.1, -0.05) is 0 Å². The van der Waals surface area contributed by atoms with Gasteiger partial charge in [-0.3, -0.25) is 0 Å². The van der Waals surface area contributed by atoms with Crippen LogP contribution in [0.1, 0.15) is 5.56 Å². The normalized spacial score (nSPS) is 11.4. The SMILES string of the molecule is O=C(Cl)/C=C(\[Te]c1cc(F)cc(F)c1)c1ccccc1. The number of halogens is 3. The van der Waals surface area contributed by atoms with Gasteiger partial charge in [-0.25, -0.2) is 0 Å². The van der Waals surface area contributed by atoms with Crippen molar-refractivity contribution in [1.29, 1.82) is 0 Å². The summed E-state index contributed by atoms with van der Waals surface area (Å²) in [7, 11) is 0. The fourth-order valence-corrected chi connectivity index (χ4v) is 4.81. The summed E-state index contributed by atoms with van der Waals surface area (Å²) in [4.78, 5) is 11.1. The molecule has 0 spiro atoms. The van der Waals surface area contributed by atoms with Crippen LogP contribution >= 0.6 is 11.6 Å². The van der Waals surface area contributed by atoms with Gasteiger partial charge < -0.3 is 0 Å². The average Bonchev–Trinajstić information content (AvgIpc) is 2.37. The molecule has 0 aromatic heterocycles. The molecule has 102 valence electrons. The Labute approximate surface area is 130 Å². The van der Waals surface area contributed by atoms with Gasteiger partial charge in [-0.2, -0.15) is 0 Å². The maximum atomic E-state index is 13.2. The third-order valence-corrected chi connectivity index (χ3v) is 5.46. The monoisotopic (exact) mass is 408 g/mol. The molecule has 0 amide bonds. The molecule has 2 rings (SSSR count). The molecule has 0 N–H and O–H groups in total. The number of allylic oxidation sites excluding steroid dienone is 1. The van der Waals surface area contributed by atoms with Crippen LogP contribution in [0.5, 0.6) is 0 Å². The zero-order valence-corrected chi connectivity index (χ0v) is 13.2. The van der Waals surface area contributed by atoms with Crippen molar-refractivity contribution in [2.75, 3.05) is 0 Å². The Hall–Kier alpha value is -1.21. The van der Waals surface area contributed by atoms with Crippen LogP contribution in [0.3, 0.4) is 0 Å². The van der Waals surface area contributed by atoms with Crippen LogP contribution in [0.25, 0.3) is 3.62 Å². The summed E-state index contributed by atoms with van der Waals surface area (Å²) in [6.45, 7) is 0. The van der Waals surface area contributed by atoms with Crippen LogP contribution in [0.4, 0.5) is 8.78 Å². The molecular formula is C15H9ClF2OTe. The molecule has 0 atom stereocenters. The molecule has 0 aliphatic heterocycles. The predicted octanol–water partition coefficient (Wildman–Crippen LogP) is 3.10. The molecule has 0 bridgehead atoms. The molecule has 1 nitrogen and oxygen atoms in total. The molecule has 0 radical (unpaired) electrons. The van der Waals surface area contributed by atoms with E-state index in [0.717, 1.165) is 15.3 Å². The van der Waals surface area contributed by atoms with Crippen molar-refractivity contribution in [2.24, 2.45) is 0 Å². The van der Waals surface area contributed by atoms with E-state index in [-0.39, 0.29) is 0 Å². The zero-order valence-electron chi connectivity index (χ0n) is 10.1. The Kier molecular flexibility index (Phi) is 5.30. The maximum absolute atomic E-state index is 13.2. The molecular weight excluding hydrogens is 397 g/mol. The third-order valence-electron chi connectivity index (χ3n) is 2.37. The number of hydrogen-bond acceptors (Lipinski definition) is 1. The van der Waals surface area contributed by atoms with Crippen molar-refractivity contribution in [2.45, 2.75) is 0 Å². The summed E-state index contributed by atoms with van der Waals surface area (Å²) in [6.07, 6.45) is 1.32. The van der Waals surface area contributed by atoms with Gasteiger partial charge in [-0.05, 0) is 0 Å². The molecule has 20 heavy (non-hydrogen) atoms. The molecule has 2 aromatic carbocycles. The summed E-state index contributed by atoms with van der Waals surface area (Å²) in [5, 5.41) is -0.592. The molecule has 0 aliphatic carbocycles. The second-order valence-electron chi connectivity index (χ2n) is 3.89. The van der Waals surface area contributed by atoms with Gasteiger partial charge in [0.2, 0.25) is 0 Å². The number of carbonyl (C=O) groups excluding carboxylic acids is 1. The van der Waals surface area contributed by atoms with Crippen LogP contribution in [0.2, 0.25) is 0 Å². The number of benzene rings is 2. The molecule has 0 saturated carbocycles. The standard InChI is InChI=1S/C15H9ClF2OTe/c16-15(19)9-14(10-4-2-1-3-5-10)20-13-7-11(17)6-12(18)8-13/h1-9H/b14-9-. The molecule has 0 heterocycles. The van der Waals surface area contributed by atoms with Crippen LogP contribution in [0, 0.1) is 11.6 Å². The van der Waals surface area contributed by atoms with Gasteiger partial charge in [0.05, 0.1) is 0 Å². The zero-order chi connectivity index (χ0) is 14.5. The fourth-order valence-electron chi connectivity index (χ4n) is 1.59. The molecule has 0 saturated heterocycles. The van der Waals surface area contributed by atoms with Gasteiger partial charge in [-0.15, -0.1) is 0 Å². The Balaban J connectivity index is 2.36. The van der Waals surface area contributed by atoms with E-state index in [1.165, 1.54) is 18.2 Å². The molecule has 5 heteroatoms. The van der Waals surface area contributed by atoms with E-state index in [9.17, 15) is 13.6 Å². The van der Waals surface area contributed by atoms with Gasteiger partial charge in [0.1, 0.15) is 0 Å². The number of hydrogen-bond donors (Lipinski definition) is 0. The number of carbonyl (C=O) groups is 1. The second-order valence-corrected chi connectivity index (χ2v) is 7.44. The number of rotatable bonds is 4. The molecule has 2 aromatic rings. The van der Waals surface area contributed by atoms with Gasteiger partial charge in [0, 0.05) is 0 Å². The van der Waals surface area contributed by atoms with E-state index in [2.05, 4.69) is 0 Å². The van der Waals surface area contributed by atoms with E-state index in [1.807, 2.05) is 30.3 Å². The van der Waals surface area contributed by atoms with Crippen molar-refractivity contribution in [1.82, 2.24) is 0 Å². The first-order chi connectivity index (χ1) is 9.54. The molecule has 0 unspecified atom stereocenters. The van der Waals surface area contributed by atoms with E-state index < -0.39 is 37.8 Å². The predicted molar refractivity (Wildman–Crippen MR) is 77.0 cm³/mol. The first kappa shape index (κ1) is 15.2. The van der Waals surface area contributed by atoms with Crippen molar-refractivity contribution in [3.63, 3.8) is 0 Å². The summed E-state index contributed by atoms with van der Waals surface area (Å²) >= 11 is 4.29. The Morgan fingerprint density at radius 1 is 1.05 bits per heavy atom. The van der Waals surface area contributed by atoms with Crippen LogP contribution in [-0.2, 0) is 4.79 Å². The Morgan fingerprint density at radius 2 is 1.65 bits per heavy atom. The molecule has 0 fully saturated rings. The van der Waals surface area contributed by atoms with Crippen molar-refractivity contribution in [3.8, 4) is 0 Å². The fraction of sp³-hybridized carbons (Fsp3) is 0. The summed E-state index contributed by atoms with van der Waals surface area (Å²) in [5.41, 5.74) is 0.841.